The number of fused-ring (bicyclic) bond motifs is 1. The van der Waals surface area contributed by atoms with Gasteiger partial charge in [0.05, 0.1) is 5.92 Å². The molecule has 0 radical (unpaired) electrons. The van der Waals surface area contributed by atoms with Crippen LogP contribution in [0.15, 0.2) is 40.4 Å². The third-order valence-corrected chi connectivity index (χ3v) is 2.08. The zero-order chi connectivity index (χ0) is 9.26. The van der Waals surface area contributed by atoms with E-state index in [0.717, 1.165) is 11.9 Å². The van der Waals surface area contributed by atoms with Gasteiger partial charge >= 0.3 is 0 Å². The summed E-state index contributed by atoms with van der Waals surface area (Å²) in [6.45, 7) is 0. The van der Waals surface area contributed by atoms with Crippen LogP contribution in [0.4, 0.5) is 0 Å². The first-order chi connectivity index (χ1) is 6.33. The van der Waals surface area contributed by atoms with Crippen molar-refractivity contribution in [1.29, 1.82) is 0 Å². The molecule has 2 rings (SSSR count). The number of dihydropyridines is 1. The highest BCUT2D eigenvalue weighted by Gasteiger charge is 2.24. The summed E-state index contributed by atoms with van der Waals surface area (Å²) in [5.41, 5.74) is 1.24. The van der Waals surface area contributed by atoms with Gasteiger partial charge in [0.15, 0.2) is 6.29 Å². The molecule has 0 bridgehead atoms. The summed E-state index contributed by atoms with van der Waals surface area (Å²) in [5.74, 6) is -0.559. The lowest BCUT2D eigenvalue weighted by atomic mass is 9.89. The Balaban J connectivity index is 2.53. The minimum Gasteiger partial charge on any atom is -0.298 e. The number of carbonyl (C=O) groups excluding carboxylic acids is 2. The third kappa shape index (κ3) is 1.18. The van der Waals surface area contributed by atoms with E-state index in [-0.39, 0.29) is 11.8 Å². The van der Waals surface area contributed by atoms with Gasteiger partial charge in [0.1, 0.15) is 0 Å². The average molecular weight is 173 g/mol. The number of aldehydes is 1. The maximum atomic E-state index is 11.3. The monoisotopic (exact) mass is 173 g/mol. The molecule has 1 atom stereocenters. The summed E-state index contributed by atoms with van der Waals surface area (Å²) >= 11 is 0. The van der Waals surface area contributed by atoms with E-state index in [1.165, 1.54) is 6.21 Å². The molecule has 64 valence electrons. The molecule has 2 aliphatic rings. The molecule has 3 nitrogen and oxygen atoms in total. The van der Waals surface area contributed by atoms with Crippen molar-refractivity contribution in [1.82, 2.24) is 0 Å². The van der Waals surface area contributed by atoms with Gasteiger partial charge in [-0.25, -0.2) is 4.99 Å². The topological polar surface area (TPSA) is 46.5 Å². The van der Waals surface area contributed by atoms with Crippen LogP contribution in [0.3, 0.4) is 0 Å². The smallest absolute Gasteiger partial charge is 0.257 e. The predicted molar refractivity (Wildman–Crippen MR) is 48.4 cm³/mol. The fourth-order valence-corrected chi connectivity index (χ4v) is 1.42. The van der Waals surface area contributed by atoms with Crippen LogP contribution in [0.2, 0.25) is 0 Å². The summed E-state index contributed by atoms with van der Waals surface area (Å²) in [7, 11) is 0. The average Bonchev–Trinajstić information content (AvgIpc) is 2.19. The highest BCUT2D eigenvalue weighted by Crippen LogP contribution is 2.25. The molecule has 0 aromatic heterocycles. The summed E-state index contributed by atoms with van der Waals surface area (Å²) in [4.78, 5) is 25.5. The van der Waals surface area contributed by atoms with Gasteiger partial charge in [0, 0.05) is 11.8 Å². The van der Waals surface area contributed by atoms with E-state index in [9.17, 15) is 9.59 Å². The second-order valence-electron chi connectivity index (χ2n) is 2.85. The molecule has 0 saturated heterocycles. The lowest BCUT2D eigenvalue weighted by molar-refractivity contribution is -0.119. The molecule has 1 unspecified atom stereocenters. The fourth-order valence-electron chi connectivity index (χ4n) is 1.42. The van der Waals surface area contributed by atoms with Crippen LogP contribution >= 0.6 is 0 Å². The molecule has 0 fully saturated rings. The van der Waals surface area contributed by atoms with Gasteiger partial charge in [-0.15, -0.1) is 0 Å². The third-order valence-electron chi connectivity index (χ3n) is 2.08. The van der Waals surface area contributed by atoms with Gasteiger partial charge in [-0.3, -0.25) is 9.59 Å². The number of rotatable bonds is 1. The van der Waals surface area contributed by atoms with Gasteiger partial charge in [-0.2, -0.15) is 0 Å². The molecule has 3 heteroatoms. The first kappa shape index (κ1) is 7.86. The lowest BCUT2D eigenvalue weighted by Gasteiger charge is -2.17. The van der Waals surface area contributed by atoms with Crippen molar-refractivity contribution in [3.8, 4) is 0 Å². The number of carbonyl (C=O) groups is 2. The predicted octanol–water partition coefficient (Wildman–Crippen LogP) is 0.835. The minimum absolute atomic E-state index is 0.207. The zero-order valence-electron chi connectivity index (χ0n) is 6.81. The highest BCUT2D eigenvalue weighted by atomic mass is 16.1. The maximum absolute atomic E-state index is 11.3. The molecule has 0 N–H and O–H groups in total. The van der Waals surface area contributed by atoms with Crippen molar-refractivity contribution in [2.75, 3.05) is 0 Å². The summed E-state index contributed by atoms with van der Waals surface area (Å²) < 4.78 is 0. The fraction of sp³-hybridized carbons (Fsp3) is 0.100. The van der Waals surface area contributed by atoms with E-state index in [1.807, 2.05) is 6.08 Å². The van der Waals surface area contributed by atoms with E-state index in [4.69, 9.17) is 0 Å². The van der Waals surface area contributed by atoms with Crippen molar-refractivity contribution < 1.29 is 9.59 Å². The Hall–Kier alpha value is -1.77. The molecule has 0 spiro atoms. The first-order valence-corrected chi connectivity index (χ1v) is 3.95. The summed E-state index contributed by atoms with van der Waals surface area (Å²) in [6.07, 6.45) is 9.17. The Morgan fingerprint density at radius 3 is 3.00 bits per heavy atom. The van der Waals surface area contributed by atoms with Crippen molar-refractivity contribution in [2.24, 2.45) is 10.9 Å². The highest BCUT2D eigenvalue weighted by molar-refractivity contribution is 6.11. The number of nitrogens with zero attached hydrogens (tertiary/aromatic N) is 1. The molecule has 1 amide bonds. The van der Waals surface area contributed by atoms with Crippen molar-refractivity contribution in [3.05, 3.63) is 35.5 Å². The van der Waals surface area contributed by atoms with Crippen LogP contribution in [0, 0.1) is 5.92 Å². The van der Waals surface area contributed by atoms with Crippen LogP contribution < -0.4 is 0 Å². The standard InChI is InChI=1S/C10H7NO2/c12-6-7-5-11-10(13)9-4-2-1-3-8(7)9/h1-6,9H. The molecular formula is C10H7NO2. The van der Waals surface area contributed by atoms with Gasteiger partial charge in [0.2, 0.25) is 0 Å². The van der Waals surface area contributed by atoms with Crippen LogP contribution in [-0.2, 0) is 9.59 Å². The quantitative estimate of drug-likeness (QED) is 0.551. The SMILES string of the molecule is O=CC1=C2C=CC=CC2C(=O)N=C1. The van der Waals surface area contributed by atoms with E-state index < -0.39 is 0 Å². The Morgan fingerprint density at radius 1 is 1.38 bits per heavy atom. The van der Waals surface area contributed by atoms with Crippen LogP contribution in [0.25, 0.3) is 0 Å². The summed E-state index contributed by atoms with van der Waals surface area (Å²) in [6, 6.07) is 0. The largest absolute Gasteiger partial charge is 0.298 e. The van der Waals surface area contributed by atoms with Crippen LogP contribution in [0.5, 0.6) is 0 Å². The second kappa shape index (κ2) is 2.94. The van der Waals surface area contributed by atoms with E-state index >= 15 is 0 Å². The van der Waals surface area contributed by atoms with Crippen LogP contribution in [-0.4, -0.2) is 18.4 Å². The molecule has 1 aliphatic heterocycles. The van der Waals surface area contributed by atoms with Gasteiger partial charge in [-0.05, 0) is 5.57 Å². The van der Waals surface area contributed by atoms with Crippen molar-refractivity contribution >= 4 is 18.4 Å². The maximum Gasteiger partial charge on any atom is 0.257 e. The van der Waals surface area contributed by atoms with Gasteiger partial charge in [-0.1, -0.05) is 24.3 Å². The molecular weight excluding hydrogens is 166 g/mol. The number of aliphatic imine (C=N–C) groups is 1. The van der Waals surface area contributed by atoms with E-state index in [1.54, 1.807) is 18.2 Å². The Morgan fingerprint density at radius 2 is 2.23 bits per heavy atom. The summed E-state index contributed by atoms with van der Waals surface area (Å²) in [5, 5.41) is 0. The van der Waals surface area contributed by atoms with E-state index in [2.05, 4.69) is 4.99 Å². The van der Waals surface area contributed by atoms with Crippen molar-refractivity contribution in [2.45, 2.75) is 0 Å². The zero-order valence-corrected chi connectivity index (χ0v) is 6.81. The molecule has 1 heterocycles. The van der Waals surface area contributed by atoms with Crippen molar-refractivity contribution in [3.63, 3.8) is 0 Å². The Bertz CT molecular complexity index is 386. The minimum atomic E-state index is -0.352. The lowest BCUT2D eigenvalue weighted by Crippen LogP contribution is -2.19. The normalized spacial score (nSPS) is 24.9. The molecule has 0 saturated carbocycles. The number of amides is 1. The first-order valence-electron chi connectivity index (χ1n) is 3.95. The number of hydrogen-bond acceptors (Lipinski definition) is 2. The van der Waals surface area contributed by atoms with Gasteiger partial charge < -0.3 is 0 Å². The Kier molecular flexibility index (Phi) is 1.77. The van der Waals surface area contributed by atoms with Crippen LogP contribution in [0.1, 0.15) is 0 Å². The number of hydrogen-bond donors (Lipinski definition) is 0. The number of allylic oxidation sites excluding steroid dienone is 4. The van der Waals surface area contributed by atoms with Gasteiger partial charge in [0.25, 0.3) is 5.91 Å². The second-order valence-corrected chi connectivity index (χ2v) is 2.85. The molecule has 13 heavy (non-hydrogen) atoms. The Labute approximate surface area is 75.2 Å². The molecule has 1 aliphatic carbocycles. The molecule has 0 aromatic carbocycles. The van der Waals surface area contributed by atoms with E-state index in [0.29, 0.717) is 5.57 Å². The molecule has 0 aromatic rings.